The predicted octanol–water partition coefficient (Wildman–Crippen LogP) is 1.82. The SMILES string of the molecule is C=CC(=O)OCCOCCOc1ccc(OC)cc1. The van der Waals surface area contributed by atoms with Gasteiger partial charge in [-0.05, 0) is 24.3 Å². The molecule has 0 heterocycles. The topological polar surface area (TPSA) is 54.0 Å². The van der Waals surface area contributed by atoms with E-state index in [2.05, 4.69) is 6.58 Å². The van der Waals surface area contributed by atoms with Gasteiger partial charge in [-0.3, -0.25) is 0 Å². The van der Waals surface area contributed by atoms with Gasteiger partial charge in [0, 0.05) is 6.08 Å². The van der Waals surface area contributed by atoms with Crippen LogP contribution < -0.4 is 9.47 Å². The van der Waals surface area contributed by atoms with Crippen LogP contribution in [0.2, 0.25) is 0 Å². The molecule has 0 atom stereocenters. The van der Waals surface area contributed by atoms with Gasteiger partial charge in [0.2, 0.25) is 0 Å². The number of esters is 1. The van der Waals surface area contributed by atoms with Crippen LogP contribution in [0.25, 0.3) is 0 Å². The normalized spacial score (nSPS) is 9.74. The van der Waals surface area contributed by atoms with E-state index in [0.29, 0.717) is 19.8 Å². The molecule has 1 aromatic rings. The maximum Gasteiger partial charge on any atom is 0.330 e. The van der Waals surface area contributed by atoms with Gasteiger partial charge in [-0.2, -0.15) is 0 Å². The average Bonchev–Trinajstić information content (AvgIpc) is 2.46. The minimum atomic E-state index is -0.446. The molecule has 5 nitrogen and oxygen atoms in total. The quantitative estimate of drug-likeness (QED) is 0.387. The number of carbonyl (C=O) groups is 1. The molecule has 0 saturated heterocycles. The summed E-state index contributed by atoms with van der Waals surface area (Å²) in [5, 5.41) is 0. The summed E-state index contributed by atoms with van der Waals surface area (Å²) < 4.78 is 20.5. The van der Waals surface area contributed by atoms with Gasteiger partial charge in [0.25, 0.3) is 0 Å². The van der Waals surface area contributed by atoms with Crippen LogP contribution in [0.15, 0.2) is 36.9 Å². The molecule has 0 N–H and O–H groups in total. The molecule has 0 fully saturated rings. The summed E-state index contributed by atoms with van der Waals surface area (Å²) in [6.45, 7) is 4.71. The van der Waals surface area contributed by atoms with Crippen molar-refractivity contribution in [2.45, 2.75) is 0 Å². The predicted molar refractivity (Wildman–Crippen MR) is 70.5 cm³/mol. The van der Waals surface area contributed by atoms with Gasteiger partial charge in [0.1, 0.15) is 24.7 Å². The molecule has 0 aliphatic carbocycles. The van der Waals surface area contributed by atoms with E-state index in [-0.39, 0.29) is 6.61 Å². The van der Waals surface area contributed by atoms with Crippen molar-refractivity contribution < 1.29 is 23.7 Å². The Balaban J connectivity index is 2.04. The summed E-state index contributed by atoms with van der Waals surface area (Å²) in [4.78, 5) is 10.7. The van der Waals surface area contributed by atoms with Crippen molar-refractivity contribution in [2.24, 2.45) is 0 Å². The zero-order valence-corrected chi connectivity index (χ0v) is 11.0. The highest BCUT2D eigenvalue weighted by atomic mass is 16.6. The zero-order chi connectivity index (χ0) is 13.9. The van der Waals surface area contributed by atoms with E-state index in [1.807, 2.05) is 24.3 Å². The van der Waals surface area contributed by atoms with Gasteiger partial charge >= 0.3 is 5.97 Å². The Morgan fingerprint density at radius 2 is 1.74 bits per heavy atom. The molecule has 1 rings (SSSR count). The Hall–Kier alpha value is -2.01. The van der Waals surface area contributed by atoms with Gasteiger partial charge in [-0.1, -0.05) is 6.58 Å². The Kier molecular flexibility index (Phi) is 7.12. The molecule has 0 bridgehead atoms. The smallest absolute Gasteiger partial charge is 0.330 e. The van der Waals surface area contributed by atoms with Crippen LogP contribution in [0.4, 0.5) is 0 Å². The monoisotopic (exact) mass is 266 g/mol. The first kappa shape index (κ1) is 15.0. The second-order valence-electron chi connectivity index (χ2n) is 3.51. The first-order chi connectivity index (χ1) is 9.26. The fraction of sp³-hybridized carbons (Fsp3) is 0.357. The third-order valence-corrected chi connectivity index (χ3v) is 2.19. The first-order valence-corrected chi connectivity index (χ1v) is 5.90. The molecule has 0 aliphatic rings. The maximum atomic E-state index is 10.7. The van der Waals surface area contributed by atoms with Crippen LogP contribution in [0.5, 0.6) is 11.5 Å². The number of hydrogen-bond donors (Lipinski definition) is 0. The summed E-state index contributed by atoms with van der Waals surface area (Å²) in [6, 6.07) is 7.30. The maximum absolute atomic E-state index is 10.7. The minimum absolute atomic E-state index is 0.216. The lowest BCUT2D eigenvalue weighted by Gasteiger charge is -2.08. The van der Waals surface area contributed by atoms with Crippen LogP contribution in [0, 0.1) is 0 Å². The van der Waals surface area contributed by atoms with E-state index in [1.54, 1.807) is 7.11 Å². The van der Waals surface area contributed by atoms with Gasteiger partial charge in [-0.15, -0.1) is 0 Å². The number of rotatable bonds is 9. The summed E-state index contributed by atoms with van der Waals surface area (Å²) in [7, 11) is 1.61. The van der Waals surface area contributed by atoms with Crippen molar-refractivity contribution in [3.63, 3.8) is 0 Å². The Morgan fingerprint density at radius 3 is 2.37 bits per heavy atom. The first-order valence-electron chi connectivity index (χ1n) is 5.90. The second-order valence-corrected chi connectivity index (χ2v) is 3.51. The largest absolute Gasteiger partial charge is 0.497 e. The average molecular weight is 266 g/mol. The Morgan fingerprint density at radius 1 is 1.11 bits per heavy atom. The lowest BCUT2D eigenvalue weighted by Crippen LogP contribution is -2.12. The zero-order valence-electron chi connectivity index (χ0n) is 11.0. The van der Waals surface area contributed by atoms with Crippen LogP contribution in [0.3, 0.4) is 0 Å². The van der Waals surface area contributed by atoms with Crippen molar-refractivity contribution in [2.75, 3.05) is 33.5 Å². The summed E-state index contributed by atoms with van der Waals surface area (Å²) in [5.41, 5.74) is 0. The number of carbonyl (C=O) groups excluding carboxylic acids is 1. The Bertz CT molecular complexity index is 385. The molecular formula is C14H18O5. The van der Waals surface area contributed by atoms with Crippen LogP contribution in [-0.4, -0.2) is 39.5 Å². The Labute approximate surface area is 112 Å². The molecular weight excluding hydrogens is 248 g/mol. The molecule has 1 aromatic carbocycles. The summed E-state index contributed by atoms with van der Waals surface area (Å²) >= 11 is 0. The molecule has 19 heavy (non-hydrogen) atoms. The lowest BCUT2D eigenvalue weighted by atomic mass is 10.3. The number of benzene rings is 1. The molecule has 104 valence electrons. The van der Waals surface area contributed by atoms with Crippen molar-refractivity contribution >= 4 is 5.97 Å². The van der Waals surface area contributed by atoms with Crippen molar-refractivity contribution in [3.05, 3.63) is 36.9 Å². The number of ether oxygens (including phenoxy) is 4. The molecule has 0 saturated carbocycles. The highest BCUT2D eigenvalue weighted by molar-refractivity contribution is 5.81. The van der Waals surface area contributed by atoms with Crippen molar-refractivity contribution in [1.29, 1.82) is 0 Å². The fourth-order valence-electron chi connectivity index (χ4n) is 1.25. The molecule has 0 aromatic heterocycles. The molecule has 0 aliphatic heterocycles. The summed E-state index contributed by atoms with van der Waals surface area (Å²) in [6.07, 6.45) is 1.12. The van der Waals surface area contributed by atoms with E-state index in [9.17, 15) is 4.79 Å². The second kappa shape index (κ2) is 8.99. The number of hydrogen-bond acceptors (Lipinski definition) is 5. The number of methoxy groups -OCH3 is 1. The van der Waals surface area contributed by atoms with Crippen LogP contribution >= 0.6 is 0 Å². The molecule has 0 amide bonds. The molecule has 0 spiro atoms. The molecule has 0 unspecified atom stereocenters. The molecule has 5 heteroatoms. The van der Waals surface area contributed by atoms with E-state index >= 15 is 0 Å². The van der Waals surface area contributed by atoms with E-state index in [1.165, 1.54) is 0 Å². The van der Waals surface area contributed by atoms with Gasteiger partial charge in [0.15, 0.2) is 0 Å². The third kappa shape index (κ3) is 6.47. The minimum Gasteiger partial charge on any atom is -0.497 e. The van der Waals surface area contributed by atoms with Crippen molar-refractivity contribution in [1.82, 2.24) is 0 Å². The van der Waals surface area contributed by atoms with E-state index in [4.69, 9.17) is 18.9 Å². The van der Waals surface area contributed by atoms with Gasteiger partial charge in [0.05, 0.1) is 20.3 Å². The van der Waals surface area contributed by atoms with Crippen LogP contribution in [0.1, 0.15) is 0 Å². The highest BCUT2D eigenvalue weighted by Crippen LogP contribution is 2.16. The fourth-order valence-corrected chi connectivity index (χ4v) is 1.25. The highest BCUT2D eigenvalue weighted by Gasteiger charge is 1.97. The third-order valence-electron chi connectivity index (χ3n) is 2.19. The molecule has 0 radical (unpaired) electrons. The lowest BCUT2D eigenvalue weighted by molar-refractivity contribution is -0.139. The van der Waals surface area contributed by atoms with Gasteiger partial charge in [-0.25, -0.2) is 4.79 Å². The standard InChI is InChI=1S/C14H18O5/c1-3-14(15)19-11-9-17-8-10-18-13-6-4-12(16-2)5-7-13/h3-7H,1,8-11H2,2H3. The van der Waals surface area contributed by atoms with E-state index in [0.717, 1.165) is 17.6 Å². The van der Waals surface area contributed by atoms with Gasteiger partial charge < -0.3 is 18.9 Å². The summed E-state index contributed by atoms with van der Waals surface area (Å²) in [5.74, 6) is 1.09. The van der Waals surface area contributed by atoms with E-state index < -0.39 is 5.97 Å². The van der Waals surface area contributed by atoms with Crippen molar-refractivity contribution in [3.8, 4) is 11.5 Å². The van der Waals surface area contributed by atoms with Crippen LogP contribution in [-0.2, 0) is 14.3 Å².